The van der Waals surface area contributed by atoms with Gasteiger partial charge in [0.1, 0.15) is 4.88 Å². The smallest absolute Gasteiger partial charge is 0.263 e. The third-order valence-corrected chi connectivity index (χ3v) is 4.76. The molecule has 1 aliphatic carbocycles. The SMILES string of the molecule is O=C(N[C@@H](Cc1ccccc1)C1CC(O)C1)c1cncs1. The van der Waals surface area contributed by atoms with Gasteiger partial charge in [-0.2, -0.15) is 0 Å². The predicted molar refractivity (Wildman–Crippen MR) is 82.2 cm³/mol. The Hall–Kier alpha value is -1.72. The van der Waals surface area contributed by atoms with Crippen molar-refractivity contribution in [3.05, 3.63) is 52.5 Å². The maximum Gasteiger partial charge on any atom is 0.263 e. The van der Waals surface area contributed by atoms with Gasteiger partial charge in [0.25, 0.3) is 5.91 Å². The van der Waals surface area contributed by atoms with E-state index >= 15 is 0 Å². The number of aromatic nitrogens is 1. The lowest BCUT2D eigenvalue weighted by atomic mass is 9.75. The highest BCUT2D eigenvalue weighted by Gasteiger charge is 2.35. The number of hydrogen-bond acceptors (Lipinski definition) is 4. The van der Waals surface area contributed by atoms with Crippen LogP contribution in [-0.4, -0.2) is 28.1 Å². The van der Waals surface area contributed by atoms with Crippen LogP contribution in [0.4, 0.5) is 0 Å². The lowest BCUT2D eigenvalue weighted by Gasteiger charge is -2.38. The first-order chi connectivity index (χ1) is 10.2. The third kappa shape index (κ3) is 3.49. The zero-order chi connectivity index (χ0) is 14.7. The van der Waals surface area contributed by atoms with Crippen LogP contribution in [0.2, 0.25) is 0 Å². The van der Waals surface area contributed by atoms with Crippen molar-refractivity contribution in [2.24, 2.45) is 5.92 Å². The Morgan fingerprint density at radius 2 is 2.14 bits per heavy atom. The zero-order valence-corrected chi connectivity index (χ0v) is 12.4. The minimum atomic E-state index is -0.214. The van der Waals surface area contributed by atoms with Gasteiger partial charge < -0.3 is 10.4 Å². The van der Waals surface area contributed by atoms with E-state index in [2.05, 4.69) is 22.4 Å². The summed E-state index contributed by atoms with van der Waals surface area (Å²) >= 11 is 1.34. The summed E-state index contributed by atoms with van der Waals surface area (Å²) in [6, 6.07) is 10.2. The highest BCUT2D eigenvalue weighted by atomic mass is 32.1. The fraction of sp³-hybridized carbons (Fsp3) is 0.375. The molecule has 0 spiro atoms. The standard InChI is InChI=1S/C16H18N2O2S/c19-13-7-12(8-13)14(6-11-4-2-1-3-5-11)18-16(20)15-9-17-10-21-15/h1-5,9-10,12-14,19H,6-8H2,(H,18,20)/t12?,13?,14-/m0/s1. The van der Waals surface area contributed by atoms with E-state index in [-0.39, 0.29) is 18.1 Å². The number of aliphatic hydroxyl groups excluding tert-OH is 1. The molecule has 4 nitrogen and oxygen atoms in total. The molecular formula is C16H18N2O2S. The minimum absolute atomic E-state index is 0.0606. The van der Waals surface area contributed by atoms with Gasteiger partial charge >= 0.3 is 0 Å². The van der Waals surface area contributed by atoms with Crippen LogP contribution < -0.4 is 5.32 Å². The Labute approximate surface area is 127 Å². The number of amides is 1. The van der Waals surface area contributed by atoms with Crippen LogP contribution in [0.3, 0.4) is 0 Å². The van der Waals surface area contributed by atoms with E-state index in [1.807, 2.05) is 18.2 Å². The summed E-state index contributed by atoms with van der Waals surface area (Å²) in [6.45, 7) is 0. The molecule has 1 amide bonds. The molecule has 110 valence electrons. The van der Waals surface area contributed by atoms with Gasteiger partial charge in [-0.25, -0.2) is 0 Å². The van der Waals surface area contributed by atoms with E-state index in [0.29, 0.717) is 10.8 Å². The molecule has 5 heteroatoms. The molecule has 0 radical (unpaired) electrons. The molecular weight excluding hydrogens is 284 g/mol. The number of carbonyl (C=O) groups is 1. The van der Waals surface area contributed by atoms with E-state index in [0.717, 1.165) is 19.3 Å². The van der Waals surface area contributed by atoms with E-state index in [1.165, 1.54) is 16.9 Å². The average Bonchev–Trinajstić information content (AvgIpc) is 2.98. The zero-order valence-electron chi connectivity index (χ0n) is 11.6. The summed E-state index contributed by atoms with van der Waals surface area (Å²) in [6.07, 6.45) is 3.70. The monoisotopic (exact) mass is 302 g/mol. The minimum Gasteiger partial charge on any atom is -0.393 e. The van der Waals surface area contributed by atoms with Gasteiger partial charge in [-0.15, -0.1) is 11.3 Å². The van der Waals surface area contributed by atoms with Gasteiger partial charge in [0, 0.05) is 6.04 Å². The summed E-state index contributed by atoms with van der Waals surface area (Å²) in [5.74, 6) is 0.275. The number of benzene rings is 1. The van der Waals surface area contributed by atoms with Gasteiger partial charge in [-0.3, -0.25) is 9.78 Å². The molecule has 1 fully saturated rings. The van der Waals surface area contributed by atoms with Gasteiger partial charge in [0.05, 0.1) is 17.8 Å². The van der Waals surface area contributed by atoms with Crippen molar-refractivity contribution in [1.82, 2.24) is 10.3 Å². The van der Waals surface area contributed by atoms with Crippen LogP contribution >= 0.6 is 11.3 Å². The van der Waals surface area contributed by atoms with Gasteiger partial charge in [0.2, 0.25) is 0 Å². The second kappa shape index (κ2) is 6.37. The molecule has 0 bridgehead atoms. The van der Waals surface area contributed by atoms with Crippen LogP contribution in [0.1, 0.15) is 28.1 Å². The van der Waals surface area contributed by atoms with Gasteiger partial charge in [0.15, 0.2) is 0 Å². The number of nitrogens with zero attached hydrogens (tertiary/aromatic N) is 1. The number of hydrogen-bond donors (Lipinski definition) is 2. The van der Waals surface area contributed by atoms with Crippen LogP contribution in [0.15, 0.2) is 42.0 Å². The Balaban J connectivity index is 1.69. The number of aliphatic hydroxyl groups is 1. The summed E-state index contributed by atoms with van der Waals surface area (Å²) in [5.41, 5.74) is 2.86. The molecule has 3 rings (SSSR count). The van der Waals surface area contributed by atoms with E-state index in [4.69, 9.17) is 0 Å². The molecule has 21 heavy (non-hydrogen) atoms. The van der Waals surface area contributed by atoms with E-state index < -0.39 is 0 Å². The number of thiazole rings is 1. The number of rotatable bonds is 5. The molecule has 2 N–H and O–H groups in total. The lowest BCUT2D eigenvalue weighted by Crippen LogP contribution is -2.48. The highest BCUT2D eigenvalue weighted by Crippen LogP contribution is 2.32. The molecule has 0 aliphatic heterocycles. The number of carbonyl (C=O) groups excluding carboxylic acids is 1. The molecule has 1 saturated carbocycles. The lowest BCUT2D eigenvalue weighted by molar-refractivity contribution is 0.0240. The largest absolute Gasteiger partial charge is 0.393 e. The molecule has 0 unspecified atom stereocenters. The molecule has 0 saturated heterocycles. The molecule has 1 heterocycles. The third-order valence-electron chi connectivity index (χ3n) is 3.99. The Kier molecular flexibility index (Phi) is 4.31. The fourth-order valence-corrected chi connectivity index (χ4v) is 3.25. The average molecular weight is 302 g/mol. The second-order valence-electron chi connectivity index (χ2n) is 5.52. The molecule has 1 aromatic heterocycles. The Morgan fingerprint density at radius 3 is 2.76 bits per heavy atom. The Morgan fingerprint density at radius 1 is 1.38 bits per heavy atom. The van der Waals surface area contributed by atoms with Crippen molar-refractivity contribution in [3.63, 3.8) is 0 Å². The normalized spacial score (nSPS) is 22.3. The van der Waals surface area contributed by atoms with Crippen LogP contribution in [-0.2, 0) is 6.42 Å². The summed E-state index contributed by atoms with van der Waals surface area (Å²) in [7, 11) is 0. The topological polar surface area (TPSA) is 62.2 Å². The quantitative estimate of drug-likeness (QED) is 0.890. The van der Waals surface area contributed by atoms with Crippen molar-refractivity contribution in [2.75, 3.05) is 0 Å². The number of nitrogens with one attached hydrogen (secondary N) is 1. The van der Waals surface area contributed by atoms with Crippen molar-refractivity contribution < 1.29 is 9.90 Å². The molecule has 2 aromatic rings. The van der Waals surface area contributed by atoms with E-state index in [1.54, 1.807) is 11.7 Å². The molecule has 1 aliphatic rings. The predicted octanol–water partition coefficient (Wildman–Crippen LogP) is 2.26. The van der Waals surface area contributed by atoms with Crippen molar-refractivity contribution >= 4 is 17.2 Å². The van der Waals surface area contributed by atoms with Crippen molar-refractivity contribution in [1.29, 1.82) is 0 Å². The first-order valence-corrected chi connectivity index (χ1v) is 8.01. The summed E-state index contributed by atoms with van der Waals surface area (Å²) in [4.78, 5) is 16.8. The molecule has 1 aromatic carbocycles. The van der Waals surface area contributed by atoms with E-state index in [9.17, 15) is 9.90 Å². The summed E-state index contributed by atoms with van der Waals surface area (Å²) in [5, 5.41) is 12.6. The maximum absolute atomic E-state index is 12.2. The first-order valence-electron chi connectivity index (χ1n) is 7.13. The molecule has 1 atom stereocenters. The highest BCUT2D eigenvalue weighted by molar-refractivity contribution is 7.11. The van der Waals surface area contributed by atoms with Crippen LogP contribution in [0.5, 0.6) is 0 Å². The van der Waals surface area contributed by atoms with Gasteiger partial charge in [-0.1, -0.05) is 30.3 Å². The Bertz CT molecular complexity index is 580. The van der Waals surface area contributed by atoms with Crippen molar-refractivity contribution in [2.45, 2.75) is 31.4 Å². The van der Waals surface area contributed by atoms with Crippen molar-refractivity contribution in [3.8, 4) is 0 Å². The maximum atomic E-state index is 12.2. The fourth-order valence-electron chi connectivity index (χ4n) is 2.73. The first kappa shape index (κ1) is 14.2. The van der Waals surface area contributed by atoms with Gasteiger partial charge in [-0.05, 0) is 30.7 Å². The second-order valence-corrected chi connectivity index (χ2v) is 6.41. The van der Waals surface area contributed by atoms with Crippen LogP contribution in [0.25, 0.3) is 0 Å². The summed E-state index contributed by atoms with van der Waals surface area (Å²) < 4.78 is 0. The van der Waals surface area contributed by atoms with Crippen LogP contribution in [0, 0.1) is 5.92 Å².